The molecule has 0 unspecified atom stereocenters. The lowest BCUT2D eigenvalue weighted by Crippen LogP contribution is -2.00. The van der Waals surface area contributed by atoms with Gasteiger partial charge in [0, 0.05) is 11.1 Å². The van der Waals surface area contributed by atoms with Crippen LogP contribution in [-0.2, 0) is 6.42 Å². The molecule has 0 bridgehead atoms. The Bertz CT molecular complexity index is 375. The van der Waals surface area contributed by atoms with Gasteiger partial charge in [0.15, 0.2) is 11.5 Å². The van der Waals surface area contributed by atoms with Crippen molar-refractivity contribution in [3.05, 3.63) is 35.4 Å². The molecule has 1 rings (SSSR count). The number of aryl methyl sites for hydroxylation is 1. The monoisotopic (exact) mass is 254 g/mol. The van der Waals surface area contributed by atoms with E-state index in [2.05, 4.69) is 6.58 Å². The Morgan fingerprint density at radius 3 is 2.29 bits per heavy atom. The first-order chi connectivity index (χ1) is 8.22. The highest BCUT2D eigenvalue weighted by molar-refractivity contribution is 6.31. The predicted molar refractivity (Wildman–Crippen MR) is 72.3 cm³/mol. The van der Waals surface area contributed by atoms with Crippen LogP contribution in [0.4, 0.5) is 0 Å². The third kappa shape index (κ3) is 3.97. The van der Waals surface area contributed by atoms with Gasteiger partial charge in [0.25, 0.3) is 0 Å². The van der Waals surface area contributed by atoms with Gasteiger partial charge in [-0.3, -0.25) is 0 Å². The van der Waals surface area contributed by atoms with Crippen molar-refractivity contribution in [2.24, 2.45) is 0 Å². The van der Waals surface area contributed by atoms with Gasteiger partial charge in [-0.15, -0.1) is 6.58 Å². The van der Waals surface area contributed by atoms with Crippen molar-refractivity contribution in [2.45, 2.75) is 26.7 Å². The van der Waals surface area contributed by atoms with E-state index in [1.165, 1.54) is 0 Å². The summed E-state index contributed by atoms with van der Waals surface area (Å²) in [6.07, 6.45) is 3.65. The number of allylic oxidation sites excluding steroid dienone is 1. The molecule has 0 heterocycles. The lowest BCUT2D eigenvalue weighted by molar-refractivity contribution is 0.287. The van der Waals surface area contributed by atoms with Gasteiger partial charge in [-0.25, -0.2) is 0 Å². The number of halogens is 1. The van der Waals surface area contributed by atoms with E-state index < -0.39 is 0 Å². The fourth-order valence-corrected chi connectivity index (χ4v) is 1.81. The Labute approximate surface area is 108 Å². The molecule has 0 aliphatic rings. The van der Waals surface area contributed by atoms with Crippen molar-refractivity contribution < 1.29 is 9.47 Å². The molecule has 0 atom stereocenters. The fraction of sp³-hybridized carbons (Fsp3) is 0.429. The van der Waals surface area contributed by atoms with Crippen molar-refractivity contribution in [1.82, 2.24) is 0 Å². The third-order valence-corrected chi connectivity index (χ3v) is 2.68. The van der Waals surface area contributed by atoms with Gasteiger partial charge >= 0.3 is 0 Å². The lowest BCUT2D eigenvalue weighted by atomic mass is 10.1. The summed E-state index contributed by atoms with van der Waals surface area (Å²) in [5, 5.41) is 0.721. The van der Waals surface area contributed by atoms with Gasteiger partial charge in [0.2, 0.25) is 0 Å². The molecule has 0 saturated carbocycles. The quantitative estimate of drug-likeness (QED) is 0.677. The average Bonchev–Trinajstić information content (AvgIpc) is 2.31. The highest BCUT2D eigenvalue weighted by Crippen LogP contribution is 2.34. The molecule has 0 N–H and O–H groups in total. The van der Waals surface area contributed by atoms with E-state index in [-0.39, 0.29) is 0 Å². The minimum absolute atomic E-state index is 0.600. The van der Waals surface area contributed by atoms with Crippen LogP contribution in [0.5, 0.6) is 11.5 Å². The highest BCUT2D eigenvalue weighted by Gasteiger charge is 2.10. The molecular weight excluding hydrogens is 236 g/mol. The summed E-state index contributed by atoms with van der Waals surface area (Å²) in [4.78, 5) is 0. The van der Waals surface area contributed by atoms with Gasteiger partial charge in [-0.05, 0) is 38.3 Å². The second kappa shape index (κ2) is 7.23. The van der Waals surface area contributed by atoms with E-state index >= 15 is 0 Å². The molecule has 0 spiro atoms. The zero-order valence-corrected chi connectivity index (χ0v) is 11.2. The second-order valence-corrected chi connectivity index (χ2v) is 3.99. The Kier molecular flexibility index (Phi) is 5.92. The summed E-state index contributed by atoms with van der Waals surface area (Å²) in [7, 11) is 0. The van der Waals surface area contributed by atoms with Crippen LogP contribution >= 0.6 is 11.6 Å². The number of ether oxygens (including phenoxy) is 2. The second-order valence-electron chi connectivity index (χ2n) is 3.58. The average molecular weight is 255 g/mol. The minimum atomic E-state index is 0.600. The Hall–Kier alpha value is -1.15. The van der Waals surface area contributed by atoms with E-state index in [1.54, 1.807) is 0 Å². The first-order valence-corrected chi connectivity index (χ1v) is 6.29. The lowest BCUT2D eigenvalue weighted by Gasteiger charge is -2.13. The molecule has 2 nitrogen and oxygen atoms in total. The van der Waals surface area contributed by atoms with Crippen molar-refractivity contribution in [3.63, 3.8) is 0 Å². The highest BCUT2D eigenvalue weighted by atomic mass is 35.5. The topological polar surface area (TPSA) is 18.5 Å². The van der Waals surface area contributed by atoms with Crippen molar-refractivity contribution in [1.29, 1.82) is 0 Å². The smallest absolute Gasteiger partial charge is 0.162 e. The van der Waals surface area contributed by atoms with E-state index in [0.29, 0.717) is 19.0 Å². The van der Waals surface area contributed by atoms with Crippen LogP contribution < -0.4 is 9.47 Å². The Morgan fingerprint density at radius 1 is 1.18 bits per heavy atom. The van der Waals surface area contributed by atoms with Gasteiger partial charge in [0.1, 0.15) is 0 Å². The maximum Gasteiger partial charge on any atom is 0.162 e. The summed E-state index contributed by atoms with van der Waals surface area (Å²) in [5.74, 6) is 1.47. The van der Waals surface area contributed by atoms with Crippen LogP contribution in [0, 0.1) is 0 Å². The molecule has 0 fully saturated rings. The molecule has 1 aromatic carbocycles. The Balaban J connectivity index is 3.00. The van der Waals surface area contributed by atoms with E-state index in [9.17, 15) is 0 Å². The molecule has 0 aromatic heterocycles. The minimum Gasteiger partial charge on any atom is -0.490 e. The third-order valence-electron chi connectivity index (χ3n) is 2.33. The van der Waals surface area contributed by atoms with Crippen LogP contribution in [0.25, 0.3) is 0 Å². The number of rotatable bonds is 7. The zero-order valence-electron chi connectivity index (χ0n) is 10.5. The summed E-state index contributed by atoms with van der Waals surface area (Å²) >= 11 is 6.20. The van der Waals surface area contributed by atoms with Gasteiger partial charge < -0.3 is 9.47 Å². The normalized spacial score (nSPS) is 10.1. The van der Waals surface area contributed by atoms with Gasteiger partial charge in [-0.1, -0.05) is 17.7 Å². The molecule has 0 amide bonds. The van der Waals surface area contributed by atoms with Crippen molar-refractivity contribution >= 4 is 11.6 Å². The summed E-state index contributed by atoms with van der Waals surface area (Å²) < 4.78 is 11.1. The summed E-state index contributed by atoms with van der Waals surface area (Å²) in [6, 6.07) is 3.79. The molecule has 94 valence electrons. The molecule has 0 saturated heterocycles. The number of benzene rings is 1. The molecule has 0 radical (unpaired) electrons. The van der Waals surface area contributed by atoms with Crippen LogP contribution in [-0.4, -0.2) is 13.2 Å². The first-order valence-electron chi connectivity index (χ1n) is 5.91. The van der Waals surface area contributed by atoms with E-state index in [1.807, 2.05) is 32.1 Å². The molecule has 17 heavy (non-hydrogen) atoms. The van der Waals surface area contributed by atoms with Crippen LogP contribution in [0.3, 0.4) is 0 Å². The van der Waals surface area contributed by atoms with Crippen molar-refractivity contribution in [3.8, 4) is 11.5 Å². The van der Waals surface area contributed by atoms with E-state index in [0.717, 1.165) is 29.2 Å². The molecule has 0 aliphatic heterocycles. The molecule has 0 aliphatic carbocycles. The SMILES string of the molecule is C=CCCc1cc(OCC)c(OCC)cc1Cl. The van der Waals surface area contributed by atoms with Gasteiger partial charge in [-0.2, -0.15) is 0 Å². The standard InChI is InChI=1S/C14H19ClO2/c1-4-7-8-11-9-13(16-5-2)14(17-6-3)10-12(11)15/h4,9-10H,1,5-8H2,2-3H3. The van der Waals surface area contributed by atoms with Crippen LogP contribution in [0.15, 0.2) is 24.8 Å². The number of hydrogen-bond donors (Lipinski definition) is 0. The van der Waals surface area contributed by atoms with Crippen LogP contribution in [0.1, 0.15) is 25.8 Å². The van der Waals surface area contributed by atoms with Crippen molar-refractivity contribution in [2.75, 3.05) is 13.2 Å². The molecule has 3 heteroatoms. The van der Waals surface area contributed by atoms with E-state index in [4.69, 9.17) is 21.1 Å². The zero-order chi connectivity index (χ0) is 12.7. The predicted octanol–water partition coefficient (Wildman–Crippen LogP) is 4.26. The fourth-order valence-electron chi connectivity index (χ4n) is 1.56. The number of hydrogen-bond acceptors (Lipinski definition) is 2. The maximum atomic E-state index is 6.20. The largest absolute Gasteiger partial charge is 0.490 e. The summed E-state index contributed by atoms with van der Waals surface area (Å²) in [6.45, 7) is 8.82. The molecule has 1 aromatic rings. The molecular formula is C14H19ClO2. The van der Waals surface area contributed by atoms with Crippen LogP contribution in [0.2, 0.25) is 5.02 Å². The Morgan fingerprint density at radius 2 is 1.76 bits per heavy atom. The summed E-state index contributed by atoms with van der Waals surface area (Å²) in [5.41, 5.74) is 1.07. The first kappa shape index (κ1) is 13.9. The van der Waals surface area contributed by atoms with Gasteiger partial charge in [0.05, 0.1) is 13.2 Å². The maximum absolute atomic E-state index is 6.20.